The highest BCUT2D eigenvalue weighted by Crippen LogP contribution is 2.18. The highest BCUT2D eigenvalue weighted by atomic mass is 16.6. The van der Waals surface area contributed by atoms with Crippen LogP contribution in [0.4, 0.5) is 4.79 Å². The van der Waals surface area contributed by atoms with Crippen molar-refractivity contribution in [2.24, 2.45) is 0 Å². The molecule has 2 rings (SSSR count). The summed E-state index contributed by atoms with van der Waals surface area (Å²) in [5, 5.41) is 0. The van der Waals surface area contributed by atoms with Gasteiger partial charge in [-0.3, -0.25) is 0 Å². The lowest BCUT2D eigenvalue weighted by atomic mass is 10.1. The smallest absolute Gasteiger partial charge is 0.410 e. The molecule has 0 aliphatic carbocycles. The van der Waals surface area contributed by atoms with Crippen LogP contribution in [0.25, 0.3) is 0 Å². The third-order valence-corrected chi connectivity index (χ3v) is 3.39. The maximum absolute atomic E-state index is 12.0. The van der Waals surface area contributed by atoms with Crippen molar-refractivity contribution in [2.75, 3.05) is 13.1 Å². The molecule has 1 amide bonds. The predicted molar refractivity (Wildman–Crippen MR) is 75.1 cm³/mol. The van der Waals surface area contributed by atoms with Gasteiger partial charge in [0.05, 0.1) is 12.4 Å². The van der Waals surface area contributed by atoms with Crippen molar-refractivity contribution in [3.05, 3.63) is 23.7 Å². The summed E-state index contributed by atoms with van der Waals surface area (Å²) in [6.45, 7) is 6.43. The average molecular weight is 295 g/mol. The molecule has 0 aromatic carbocycles. The summed E-state index contributed by atoms with van der Waals surface area (Å²) in [4.78, 5) is 25.4. The van der Waals surface area contributed by atoms with E-state index in [0.29, 0.717) is 37.3 Å². The third kappa shape index (κ3) is 4.00. The van der Waals surface area contributed by atoms with E-state index in [1.165, 1.54) is 6.26 Å². The van der Waals surface area contributed by atoms with Crippen LogP contribution < -0.4 is 0 Å². The molecule has 0 radical (unpaired) electrons. The van der Waals surface area contributed by atoms with Crippen molar-refractivity contribution in [1.82, 2.24) is 4.90 Å². The van der Waals surface area contributed by atoms with Crippen LogP contribution in [0, 0.1) is 6.92 Å². The summed E-state index contributed by atoms with van der Waals surface area (Å²) in [7, 11) is 0. The number of esters is 1. The van der Waals surface area contributed by atoms with Gasteiger partial charge in [0.1, 0.15) is 17.4 Å². The minimum Gasteiger partial charge on any atom is -0.469 e. The molecule has 6 heteroatoms. The summed E-state index contributed by atoms with van der Waals surface area (Å²) in [6, 6.07) is 1.60. The molecule has 0 unspecified atom stereocenters. The molecule has 0 N–H and O–H groups in total. The van der Waals surface area contributed by atoms with Crippen LogP contribution in [0.2, 0.25) is 0 Å². The number of hydrogen-bond donors (Lipinski definition) is 0. The Kier molecular flexibility index (Phi) is 4.88. The van der Waals surface area contributed by atoms with Gasteiger partial charge in [-0.05, 0) is 26.8 Å². The minimum absolute atomic E-state index is 0.128. The first-order valence-corrected chi connectivity index (χ1v) is 7.18. The number of hydrogen-bond acceptors (Lipinski definition) is 5. The second-order valence-corrected chi connectivity index (χ2v) is 5.41. The number of nitrogens with zero attached hydrogens (tertiary/aromatic N) is 1. The van der Waals surface area contributed by atoms with Crippen LogP contribution >= 0.6 is 0 Å². The first-order valence-electron chi connectivity index (χ1n) is 7.18. The molecule has 6 nitrogen and oxygen atoms in total. The molecule has 0 atom stereocenters. The Hall–Kier alpha value is -1.98. The zero-order valence-electron chi connectivity index (χ0n) is 12.6. The lowest BCUT2D eigenvalue weighted by molar-refractivity contribution is 0.00802. The molecule has 0 saturated carbocycles. The first-order chi connectivity index (χ1) is 9.97. The Balaban J connectivity index is 1.80. The Bertz CT molecular complexity index is 500. The number of rotatable bonds is 3. The van der Waals surface area contributed by atoms with Gasteiger partial charge in [0.2, 0.25) is 0 Å². The molecule has 0 spiro atoms. The molecule has 1 aromatic rings. The minimum atomic E-state index is -0.371. The maximum atomic E-state index is 12.0. The van der Waals surface area contributed by atoms with E-state index in [9.17, 15) is 9.59 Å². The zero-order valence-corrected chi connectivity index (χ0v) is 12.6. The fourth-order valence-electron chi connectivity index (χ4n) is 2.24. The van der Waals surface area contributed by atoms with Crippen molar-refractivity contribution >= 4 is 12.1 Å². The van der Waals surface area contributed by atoms with Gasteiger partial charge in [0, 0.05) is 25.9 Å². The highest BCUT2D eigenvalue weighted by Gasteiger charge is 2.27. The van der Waals surface area contributed by atoms with Gasteiger partial charge in [-0.1, -0.05) is 0 Å². The number of carbonyl (C=O) groups excluding carboxylic acids is 2. The molecule has 1 aliphatic rings. The molecule has 1 aromatic heterocycles. The zero-order chi connectivity index (χ0) is 15.4. The lowest BCUT2D eigenvalue weighted by Gasteiger charge is -2.31. The summed E-state index contributed by atoms with van der Waals surface area (Å²) >= 11 is 0. The van der Waals surface area contributed by atoms with E-state index in [2.05, 4.69) is 0 Å². The summed E-state index contributed by atoms with van der Waals surface area (Å²) in [5.41, 5.74) is 0.455. The van der Waals surface area contributed by atoms with Crippen LogP contribution in [0.15, 0.2) is 16.7 Å². The maximum Gasteiger partial charge on any atom is 0.410 e. The van der Waals surface area contributed by atoms with E-state index in [1.807, 2.05) is 13.8 Å². The highest BCUT2D eigenvalue weighted by molar-refractivity contribution is 5.90. The normalized spacial score (nSPS) is 16.1. The van der Waals surface area contributed by atoms with E-state index >= 15 is 0 Å². The first kappa shape index (κ1) is 15.4. The van der Waals surface area contributed by atoms with Crippen molar-refractivity contribution in [3.63, 3.8) is 0 Å². The molecule has 2 heterocycles. The van der Waals surface area contributed by atoms with Gasteiger partial charge in [-0.2, -0.15) is 0 Å². The number of furan rings is 1. The van der Waals surface area contributed by atoms with Crippen molar-refractivity contribution in [2.45, 2.75) is 45.8 Å². The van der Waals surface area contributed by atoms with E-state index in [1.54, 1.807) is 17.9 Å². The Morgan fingerprint density at radius 1 is 1.33 bits per heavy atom. The monoisotopic (exact) mass is 295 g/mol. The molecule has 116 valence electrons. The fraction of sp³-hybridized carbons (Fsp3) is 0.600. The molecule has 1 aliphatic heterocycles. The molecule has 21 heavy (non-hydrogen) atoms. The second-order valence-electron chi connectivity index (χ2n) is 5.41. The van der Waals surface area contributed by atoms with Gasteiger partial charge in [0.25, 0.3) is 0 Å². The number of likely N-dealkylation sites (tertiary alicyclic amines) is 1. The molecule has 1 saturated heterocycles. The predicted octanol–water partition coefficient (Wildman–Crippen LogP) is 2.75. The van der Waals surface area contributed by atoms with Crippen LogP contribution in [0.5, 0.6) is 0 Å². The molecule has 0 bridgehead atoms. The number of aryl methyl sites for hydroxylation is 1. The number of carbonyl (C=O) groups is 2. The number of ether oxygens (including phenoxy) is 2. The lowest BCUT2D eigenvalue weighted by Crippen LogP contribution is -2.42. The summed E-state index contributed by atoms with van der Waals surface area (Å²) < 4.78 is 15.7. The van der Waals surface area contributed by atoms with Crippen LogP contribution in [-0.2, 0) is 9.47 Å². The SMILES string of the molecule is Cc1occc1C(=O)OC1CCN(C(=O)OC(C)C)CC1. The van der Waals surface area contributed by atoms with E-state index < -0.39 is 0 Å². The van der Waals surface area contributed by atoms with E-state index in [4.69, 9.17) is 13.9 Å². The van der Waals surface area contributed by atoms with Gasteiger partial charge < -0.3 is 18.8 Å². The van der Waals surface area contributed by atoms with Gasteiger partial charge in [-0.25, -0.2) is 9.59 Å². The van der Waals surface area contributed by atoms with Gasteiger partial charge in [0.15, 0.2) is 0 Å². The Labute approximate surface area is 124 Å². The van der Waals surface area contributed by atoms with E-state index in [-0.39, 0.29) is 24.3 Å². The summed E-state index contributed by atoms with van der Waals surface area (Å²) in [5.74, 6) is 0.183. The van der Waals surface area contributed by atoms with Gasteiger partial charge >= 0.3 is 12.1 Å². The number of piperidine rings is 1. The molecule has 1 fully saturated rings. The fourth-order valence-corrected chi connectivity index (χ4v) is 2.24. The molecular formula is C15H21NO5. The van der Waals surface area contributed by atoms with Crippen LogP contribution in [-0.4, -0.2) is 42.3 Å². The van der Waals surface area contributed by atoms with E-state index in [0.717, 1.165) is 0 Å². The third-order valence-electron chi connectivity index (χ3n) is 3.39. The Morgan fingerprint density at radius 2 is 2.00 bits per heavy atom. The topological polar surface area (TPSA) is 69.0 Å². The second kappa shape index (κ2) is 6.65. The van der Waals surface area contributed by atoms with Crippen molar-refractivity contribution in [3.8, 4) is 0 Å². The quantitative estimate of drug-likeness (QED) is 0.802. The van der Waals surface area contributed by atoms with Crippen molar-refractivity contribution < 1.29 is 23.5 Å². The van der Waals surface area contributed by atoms with Crippen LogP contribution in [0.3, 0.4) is 0 Å². The van der Waals surface area contributed by atoms with Gasteiger partial charge in [-0.15, -0.1) is 0 Å². The average Bonchev–Trinajstić information content (AvgIpc) is 2.85. The largest absolute Gasteiger partial charge is 0.469 e. The van der Waals surface area contributed by atoms with Crippen LogP contribution in [0.1, 0.15) is 42.8 Å². The Morgan fingerprint density at radius 3 is 2.52 bits per heavy atom. The summed E-state index contributed by atoms with van der Waals surface area (Å²) in [6.07, 6.45) is 2.11. The molecular weight excluding hydrogens is 274 g/mol. The standard InChI is InChI=1S/C15H21NO5/c1-10(2)20-15(18)16-7-4-12(5-8-16)21-14(17)13-6-9-19-11(13)3/h6,9-10,12H,4-5,7-8H2,1-3H3. The van der Waals surface area contributed by atoms with Crippen molar-refractivity contribution in [1.29, 1.82) is 0 Å². The number of amides is 1.